The van der Waals surface area contributed by atoms with Gasteiger partial charge in [-0.25, -0.2) is 0 Å². The molecule has 1 aromatic rings. The van der Waals surface area contributed by atoms with Crippen LogP contribution in [-0.4, -0.2) is 41.0 Å². The van der Waals surface area contributed by atoms with Gasteiger partial charge >= 0.3 is 0 Å². The number of carbonyl (C=O) groups excluding carboxylic acids is 1. The molecule has 6 heteroatoms. The summed E-state index contributed by atoms with van der Waals surface area (Å²) in [4.78, 5) is 18.2. The molecule has 2 rings (SSSR count). The Labute approximate surface area is 120 Å². The zero-order valence-corrected chi connectivity index (χ0v) is 12.1. The van der Waals surface area contributed by atoms with Gasteiger partial charge in [0.05, 0.1) is 0 Å². The number of nitrogens with zero attached hydrogens (tertiary/aromatic N) is 2. The number of carbonyl (C=O) groups is 1. The van der Waals surface area contributed by atoms with Gasteiger partial charge in [0.15, 0.2) is 0 Å². The Kier molecular flexibility index (Phi) is 7.21. The van der Waals surface area contributed by atoms with Crippen LogP contribution in [0.2, 0.25) is 0 Å². The predicted octanol–water partition coefficient (Wildman–Crippen LogP) is 1.75. The van der Waals surface area contributed by atoms with E-state index in [1.807, 2.05) is 17.0 Å². The first-order valence-corrected chi connectivity index (χ1v) is 5.65. The molecule has 1 fully saturated rings. The molecule has 1 amide bonds. The molecule has 102 valence electrons. The Bertz CT molecular complexity index is 375. The van der Waals surface area contributed by atoms with Gasteiger partial charge in [0, 0.05) is 31.4 Å². The second-order valence-electron chi connectivity index (χ2n) is 4.20. The van der Waals surface area contributed by atoms with Gasteiger partial charge < -0.3 is 10.2 Å². The third-order valence-corrected chi connectivity index (χ3v) is 3.18. The van der Waals surface area contributed by atoms with Crippen LogP contribution in [0.5, 0.6) is 0 Å². The molecule has 0 aliphatic carbocycles. The van der Waals surface area contributed by atoms with E-state index >= 15 is 0 Å². The van der Waals surface area contributed by atoms with E-state index in [0.717, 1.165) is 13.1 Å². The quantitative estimate of drug-likeness (QED) is 0.857. The maximum absolute atomic E-state index is 12.2. The van der Waals surface area contributed by atoms with E-state index in [9.17, 15) is 4.79 Å². The van der Waals surface area contributed by atoms with E-state index < -0.39 is 0 Å². The lowest BCUT2D eigenvalue weighted by atomic mass is 10.1. The Balaban J connectivity index is 0.00000144. The maximum atomic E-state index is 12.2. The molecule has 0 saturated carbocycles. The molecular formula is C12H19Cl2N3O. The summed E-state index contributed by atoms with van der Waals surface area (Å²) < 4.78 is 0. The molecule has 0 radical (unpaired) electrons. The third-order valence-electron chi connectivity index (χ3n) is 3.18. The largest absolute Gasteiger partial charge is 0.332 e. The fourth-order valence-electron chi connectivity index (χ4n) is 1.98. The lowest BCUT2D eigenvalue weighted by Gasteiger charge is -2.38. The molecule has 1 N–H and O–H groups in total. The number of rotatable bonds is 1. The average molecular weight is 292 g/mol. The van der Waals surface area contributed by atoms with Crippen LogP contribution in [0.15, 0.2) is 24.4 Å². The lowest BCUT2D eigenvalue weighted by molar-refractivity contribution is 0.0597. The SMILES string of the molecule is CC1NCCN(C(=O)c2ccccn2)C1C.Cl.Cl. The van der Waals surface area contributed by atoms with Crippen LogP contribution < -0.4 is 5.32 Å². The van der Waals surface area contributed by atoms with Crippen molar-refractivity contribution in [1.29, 1.82) is 0 Å². The van der Waals surface area contributed by atoms with Crippen molar-refractivity contribution in [2.24, 2.45) is 0 Å². The van der Waals surface area contributed by atoms with Crippen molar-refractivity contribution in [2.45, 2.75) is 25.9 Å². The molecule has 1 aliphatic heterocycles. The number of piperazine rings is 1. The minimum absolute atomic E-state index is 0. The number of nitrogens with one attached hydrogen (secondary N) is 1. The normalized spacial score (nSPS) is 22.7. The minimum Gasteiger partial charge on any atom is -0.332 e. The Morgan fingerprint density at radius 2 is 2.11 bits per heavy atom. The second-order valence-corrected chi connectivity index (χ2v) is 4.20. The summed E-state index contributed by atoms with van der Waals surface area (Å²) >= 11 is 0. The van der Waals surface area contributed by atoms with E-state index in [1.165, 1.54) is 0 Å². The first-order chi connectivity index (χ1) is 7.70. The van der Waals surface area contributed by atoms with Crippen LogP contribution in [-0.2, 0) is 0 Å². The molecule has 2 heterocycles. The van der Waals surface area contributed by atoms with Crippen molar-refractivity contribution in [2.75, 3.05) is 13.1 Å². The van der Waals surface area contributed by atoms with Crippen LogP contribution in [0.3, 0.4) is 0 Å². The van der Waals surface area contributed by atoms with Crippen LogP contribution in [0.4, 0.5) is 0 Å². The topological polar surface area (TPSA) is 45.2 Å². The Morgan fingerprint density at radius 1 is 1.39 bits per heavy atom. The van der Waals surface area contributed by atoms with Crippen LogP contribution in [0, 0.1) is 0 Å². The van der Waals surface area contributed by atoms with Crippen LogP contribution in [0.25, 0.3) is 0 Å². The molecule has 0 aromatic carbocycles. The summed E-state index contributed by atoms with van der Waals surface area (Å²) in [6, 6.07) is 5.98. The summed E-state index contributed by atoms with van der Waals surface area (Å²) in [5, 5.41) is 3.35. The highest BCUT2D eigenvalue weighted by atomic mass is 35.5. The van der Waals surface area contributed by atoms with Gasteiger partial charge in [-0.1, -0.05) is 6.07 Å². The first kappa shape index (κ1) is 17.2. The van der Waals surface area contributed by atoms with E-state index in [2.05, 4.69) is 24.1 Å². The smallest absolute Gasteiger partial charge is 0.272 e. The zero-order chi connectivity index (χ0) is 11.5. The number of hydrogen-bond acceptors (Lipinski definition) is 3. The fraction of sp³-hybridized carbons (Fsp3) is 0.500. The summed E-state index contributed by atoms with van der Waals surface area (Å²) in [5.41, 5.74) is 0.531. The third kappa shape index (κ3) is 3.57. The van der Waals surface area contributed by atoms with Gasteiger partial charge in [-0.3, -0.25) is 9.78 Å². The summed E-state index contributed by atoms with van der Waals surface area (Å²) in [6.45, 7) is 5.77. The molecule has 0 bridgehead atoms. The number of halogens is 2. The van der Waals surface area contributed by atoms with E-state index in [0.29, 0.717) is 11.7 Å². The zero-order valence-electron chi connectivity index (χ0n) is 10.5. The van der Waals surface area contributed by atoms with Crippen LogP contribution in [0.1, 0.15) is 24.3 Å². The van der Waals surface area contributed by atoms with Gasteiger partial charge in [-0.2, -0.15) is 0 Å². The van der Waals surface area contributed by atoms with E-state index in [-0.39, 0.29) is 36.8 Å². The van der Waals surface area contributed by atoms with E-state index in [4.69, 9.17) is 0 Å². The predicted molar refractivity (Wildman–Crippen MR) is 76.7 cm³/mol. The van der Waals surface area contributed by atoms with Crippen LogP contribution >= 0.6 is 24.8 Å². The van der Waals surface area contributed by atoms with Gasteiger partial charge in [0.1, 0.15) is 5.69 Å². The van der Waals surface area contributed by atoms with Gasteiger partial charge in [0.2, 0.25) is 0 Å². The lowest BCUT2D eigenvalue weighted by Crippen LogP contribution is -2.57. The molecule has 0 spiro atoms. The monoisotopic (exact) mass is 291 g/mol. The van der Waals surface area contributed by atoms with Gasteiger partial charge in [-0.15, -0.1) is 24.8 Å². The Morgan fingerprint density at radius 3 is 2.72 bits per heavy atom. The molecule has 1 aromatic heterocycles. The molecule has 2 atom stereocenters. The summed E-state index contributed by atoms with van der Waals surface area (Å²) in [5.74, 6) is 0.0291. The molecule has 18 heavy (non-hydrogen) atoms. The second kappa shape index (κ2) is 7.56. The van der Waals surface area contributed by atoms with Crippen molar-refractivity contribution in [3.8, 4) is 0 Å². The minimum atomic E-state index is 0. The molecule has 1 aliphatic rings. The van der Waals surface area contributed by atoms with E-state index in [1.54, 1.807) is 12.3 Å². The van der Waals surface area contributed by atoms with Crippen molar-refractivity contribution >= 4 is 30.7 Å². The highest BCUT2D eigenvalue weighted by Crippen LogP contribution is 2.12. The maximum Gasteiger partial charge on any atom is 0.272 e. The Hall–Kier alpha value is -0.840. The van der Waals surface area contributed by atoms with Crippen molar-refractivity contribution in [1.82, 2.24) is 15.2 Å². The summed E-state index contributed by atoms with van der Waals surface area (Å²) in [7, 11) is 0. The average Bonchev–Trinajstić information content (AvgIpc) is 2.33. The number of aromatic nitrogens is 1. The highest BCUT2D eigenvalue weighted by molar-refractivity contribution is 5.92. The standard InChI is InChI=1S/C12H17N3O.2ClH/c1-9-10(2)15(8-7-13-9)12(16)11-5-3-4-6-14-11;;/h3-6,9-10,13H,7-8H2,1-2H3;2*1H. The molecule has 2 unspecified atom stereocenters. The van der Waals surface area contributed by atoms with Gasteiger partial charge in [0.25, 0.3) is 5.91 Å². The highest BCUT2D eigenvalue weighted by Gasteiger charge is 2.28. The molecule has 4 nitrogen and oxygen atoms in total. The van der Waals surface area contributed by atoms with Crippen molar-refractivity contribution in [3.05, 3.63) is 30.1 Å². The summed E-state index contributed by atoms with van der Waals surface area (Å²) in [6.07, 6.45) is 1.66. The number of amides is 1. The molecular weight excluding hydrogens is 273 g/mol. The number of pyridine rings is 1. The van der Waals surface area contributed by atoms with Gasteiger partial charge in [-0.05, 0) is 26.0 Å². The first-order valence-electron chi connectivity index (χ1n) is 5.65. The number of hydrogen-bond donors (Lipinski definition) is 1. The molecule has 1 saturated heterocycles. The van der Waals surface area contributed by atoms with Crippen molar-refractivity contribution in [3.63, 3.8) is 0 Å². The fourth-order valence-corrected chi connectivity index (χ4v) is 1.98. The van der Waals surface area contributed by atoms with Crippen molar-refractivity contribution < 1.29 is 4.79 Å².